The molecule has 0 aliphatic carbocycles. The van der Waals surface area contributed by atoms with Crippen LogP contribution in [0, 0.1) is 0 Å². The number of nitrogens with one attached hydrogen (secondary N) is 1. The van der Waals surface area contributed by atoms with Crippen molar-refractivity contribution in [1.29, 1.82) is 0 Å². The molecule has 6 nitrogen and oxygen atoms in total. The van der Waals surface area contributed by atoms with Crippen molar-refractivity contribution in [2.24, 2.45) is 0 Å². The van der Waals surface area contributed by atoms with Crippen LogP contribution >= 0.6 is 0 Å². The minimum absolute atomic E-state index is 0.0192. The van der Waals surface area contributed by atoms with E-state index in [9.17, 15) is 9.59 Å². The molecule has 1 N–H and O–H groups in total. The van der Waals surface area contributed by atoms with Gasteiger partial charge >= 0.3 is 0 Å². The fourth-order valence-corrected chi connectivity index (χ4v) is 3.69. The zero-order valence-corrected chi connectivity index (χ0v) is 19.7. The van der Waals surface area contributed by atoms with Crippen LogP contribution in [0.15, 0.2) is 48.5 Å². The molecule has 2 aromatic rings. The molecule has 0 unspecified atom stereocenters. The number of benzene rings is 2. The molecular weight excluding hydrogens is 404 g/mol. The van der Waals surface area contributed by atoms with Crippen LogP contribution in [0.3, 0.4) is 0 Å². The molecule has 0 aliphatic rings. The number of hydrogen-bond donors (Lipinski definition) is 1. The van der Waals surface area contributed by atoms with Crippen molar-refractivity contribution >= 4 is 11.8 Å². The lowest BCUT2D eigenvalue weighted by atomic mass is 10.1. The minimum Gasteiger partial charge on any atom is -0.493 e. The van der Waals surface area contributed by atoms with Gasteiger partial charge in [-0.3, -0.25) is 9.59 Å². The van der Waals surface area contributed by atoms with Crippen LogP contribution in [-0.2, 0) is 22.4 Å². The lowest BCUT2D eigenvalue weighted by Crippen LogP contribution is -2.50. The summed E-state index contributed by atoms with van der Waals surface area (Å²) in [4.78, 5) is 27.8. The summed E-state index contributed by atoms with van der Waals surface area (Å²) < 4.78 is 10.7. The Morgan fingerprint density at radius 3 is 2.28 bits per heavy atom. The zero-order valence-electron chi connectivity index (χ0n) is 19.7. The maximum absolute atomic E-state index is 13.3. The molecule has 32 heavy (non-hydrogen) atoms. The maximum atomic E-state index is 13.3. The summed E-state index contributed by atoms with van der Waals surface area (Å²) >= 11 is 0. The topological polar surface area (TPSA) is 67.9 Å². The molecule has 0 aliphatic heterocycles. The molecule has 2 rings (SSSR count). The number of aryl methyl sites for hydroxylation is 1. The van der Waals surface area contributed by atoms with Gasteiger partial charge in [-0.15, -0.1) is 0 Å². The van der Waals surface area contributed by atoms with Crippen molar-refractivity contribution in [2.75, 3.05) is 27.3 Å². The highest BCUT2D eigenvalue weighted by molar-refractivity contribution is 5.87. The Bertz CT molecular complexity index is 854. The molecule has 0 saturated carbocycles. The van der Waals surface area contributed by atoms with Gasteiger partial charge < -0.3 is 19.7 Å². The quantitative estimate of drug-likeness (QED) is 0.511. The van der Waals surface area contributed by atoms with Gasteiger partial charge in [-0.1, -0.05) is 50.2 Å². The van der Waals surface area contributed by atoms with E-state index < -0.39 is 6.04 Å². The number of carbonyl (C=O) groups is 2. The summed E-state index contributed by atoms with van der Waals surface area (Å²) in [6, 6.07) is 15.3. The molecule has 0 aromatic heterocycles. The van der Waals surface area contributed by atoms with Gasteiger partial charge in [-0.05, 0) is 48.9 Å². The highest BCUT2D eigenvalue weighted by Crippen LogP contribution is 2.28. The third kappa shape index (κ3) is 7.29. The first-order chi connectivity index (χ1) is 15.5. The van der Waals surface area contributed by atoms with Crippen molar-refractivity contribution in [3.8, 4) is 11.5 Å². The van der Waals surface area contributed by atoms with Gasteiger partial charge in [0, 0.05) is 19.5 Å². The third-order valence-corrected chi connectivity index (χ3v) is 5.49. The summed E-state index contributed by atoms with van der Waals surface area (Å²) in [6.45, 7) is 5.09. The fourth-order valence-electron chi connectivity index (χ4n) is 3.69. The van der Waals surface area contributed by atoms with Crippen LogP contribution in [0.25, 0.3) is 0 Å². The number of ether oxygens (including phenoxy) is 2. The number of rotatable bonds is 13. The van der Waals surface area contributed by atoms with E-state index in [-0.39, 0.29) is 11.8 Å². The van der Waals surface area contributed by atoms with Crippen molar-refractivity contribution in [3.63, 3.8) is 0 Å². The van der Waals surface area contributed by atoms with Gasteiger partial charge in [0.15, 0.2) is 11.5 Å². The van der Waals surface area contributed by atoms with Crippen molar-refractivity contribution < 1.29 is 19.1 Å². The van der Waals surface area contributed by atoms with Gasteiger partial charge in [-0.25, -0.2) is 0 Å². The predicted molar refractivity (Wildman–Crippen MR) is 127 cm³/mol. The molecular formula is C26H36N2O4. The van der Waals surface area contributed by atoms with E-state index in [0.717, 1.165) is 17.5 Å². The largest absolute Gasteiger partial charge is 0.493 e. The first-order valence-electron chi connectivity index (χ1n) is 11.4. The summed E-state index contributed by atoms with van der Waals surface area (Å²) in [5.74, 6) is 1.20. The Balaban J connectivity index is 2.13. The van der Waals surface area contributed by atoms with Crippen LogP contribution < -0.4 is 14.8 Å². The van der Waals surface area contributed by atoms with Crippen LogP contribution in [-0.4, -0.2) is 50.1 Å². The molecule has 0 bridgehead atoms. The Kier molecular flexibility index (Phi) is 10.6. The second kappa shape index (κ2) is 13.4. The lowest BCUT2D eigenvalue weighted by Gasteiger charge is -2.30. The van der Waals surface area contributed by atoms with Crippen LogP contribution in [0.1, 0.15) is 44.2 Å². The van der Waals surface area contributed by atoms with E-state index in [1.165, 1.54) is 0 Å². The molecule has 2 aromatic carbocycles. The van der Waals surface area contributed by atoms with E-state index in [0.29, 0.717) is 50.3 Å². The summed E-state index contributed by atoms with van der Waals surface area (Å²) in [7, 11) is 3.19. The molecule has 174 valence electrons. The normalized spacial score (nSPS) is 11.5. The van der Waals surface area contributed by atoms with Crippen molar-refractivity contribution in [2.45, 2.75) is 52.0 Å². The highest BCUT2D eigenvalue weighted by Gasteiger charge is 2.27. The highest BCUT2D eigenvalue weighted by atomic mass is 16.5. The molecule has 0 saturated heterocycles. The second-order valence-electron chi connectivity index (χ2n) is 7.73. The molecule has 2 amide bonds. The minimum atomic E-state index is -0.469. The monoisotopic (exact) mass is 440 g/mol. The average molecular weight is 441 g/mol. The molecule has 6 heteroatoms. The smallest absolute Gasteiger partial charge is 0.242 e. The summed E-state index contributed by atoms with van der Waals surface area (Å²) in [5.41, 5.74) is 2.14. The number of methoxy groups -OCH3 is 2. The van der Waals surface area contributed by atoms with E-state index in [2.05, 4.69) is 5.32 Å². The van der Waals surface area contributed by atoms with E-state index in [4.69, 9.17) is 9.47 Å². The van der Waals surface area contributed by atoms with Gasteiger partial charge in [0.05, 0.1) is 14.2 Å². The molecule has 1 atom stereocenters. The predicted octanol–water partition coefficient (Wildman–Crippen LogP) is 4.01. The average Bonchev–Trinajstić information content (AvgIpc) is 2.83. The van der Waals surface area contributed by atoms with Gasteiger partial charge in [0.25, 0.3) is 0 Å². The van der Waals surface area contributed by atoms with Crippen molar-refractivity contribution in [1.82, 2.24) is 10.2 Å². The first kappa shape index (κ1) is 25.2. The summed E-state index contributed by atoms with van der Waals surface area (Å²) in [6.07, 6.45) is 3.03. The molecule has 0 spiro atoms. The number of hydrogen-bond acceptors (Lipinski definition) is 4. The SMILES string of the molecule is CCCNC(=O)[C@@H](CC)N(CCc1ccccc1)C(=O)CCc1ccc(OC)c(OC)c1. The van der Waals surface area contributed by atoms with E-state index in [1.54, 1.807) is 19.1 Å². The zero-order chi connectivity index (χ0) is 23.3. The van der Waals surface area contributed by atoms with E-state index in [1.807, 2.05) is 62.4 Å². The van der Waals surface area contributed by atoms with Crippen LogP contribution in [0.2, 0.25) is 0 Å². The Morgan fingerprint density at radius 1 is 0.938 bits per heavy atom. The number of carbonyl (C=O) groups excluding carboxylic acids is 2. The maximum Gasteiger partial charge on any atom is 0.242 e. The van der Waals surface area contributed by atoms with Gasteiger partial charge in [0.2, 0.25) is 11.8 Å². The molecule has 0 fully saturated rings. The molecule has 0 heterocycles. The fraction of sp³-hybridized carbons (Fsp3) is 0.462. The number of nitrogens with zero attached hydrogens (tertiary/aromatic N) is 1. The summed E-state index contributed by atoms with van der Waals surface area (Å²) in [5, 5.41) is 2.96. The van der Waals surface area contributed by atoms with Crippen LogP contribution in [0.5, 0.6) is 11.5 Å². The first-order valence-corrected chi connectivity index (χ1v) is 11.4. The third-order valence-electron chi connectivity index (χ3n) is 5.49. The molecule has 0 radical (unpaired) electrons. The van der Waals surface area contributed by atoms with Gasteiger partial charge in [0.1, 0.15) is 6.04 Å². The Hall–Kier alpha value is -3.02. The number of amides is 2. The van der Waals surface area contributed by atoms with Crippen LogP contribution in [0.4, 0.5) is 0 Å². The van der Waals surface area contributed by atoms with Gasteiger partial charge in [-0.2, -0.15) is 0 Å². The van der Waals surface area contributed by atoms with E-state index >= 15 is 0 Å². The Morgan fingerprint density at radius 2 is 1.66 bits per heavy atom. The Labute approximate surface area is 191 Å². The lowest BCUT2D eigenvalue weighted by molar-refractivity contribution is -0.140. The standard InChI is InChI=1S/C26H36N2O4/c1-5-17-27-26(30)22(6-2)28(18-16-20-10-8-7-9-11-20)25(29)15-13-21-12-14-23(31-3)24(19-21)32-4/h7-12,14,19,22H,5-6,13,15-18H2,1-4H3,(H,27,30)/t22-/m1/s1. The second-order valence-corrected chi connectivity index (χ2v) is 7.73. The van der Waals surface area contributed by atoms with Crippen molar-refractivity contribution in [3.05, 3.63) is 59.7 Å².